The molecule has 0 spiro atoms. The molecule has 1 heterocycles. The maximum Gasteiger partial charge on any atom is 0.119 e. The van der Waals surface area contributed by atoms with Gasteiger partial charge < -0.3 is 14.8 Å². The third-order valence-electron chi connectivity index (χ3n) is 4.07. The van der Waals surface area contributed by atoms with Crippen LogP contribution in [-0.2, 0) is 11.3 Å². The summed E-state index contributed by atoms with van der Waals surface area (Å²) < 4.78 is 11.3. The maximum atomic E-state index is 6.04. The van der Waals surface area contributed by atoms with Gasteiger partial charge in [-0.1, -0.05) is 29.8 Å². The number of benzene rings is 2. The number of rotatable bonds is 6. The number of halogens is 1. The number of hydrogen-bond donors (Lipinski definition) is 1. The summed E-state index contributed by atoms with van der Waals surface area (Å²) in [6, 6.07) is 14.1. The highest BCUT2D eigenvalue weighted by Crippen LogP contribution is 2.21. The molecule has 0 aromatic heterocycles. The molecule has 0 radical (unpaired) electrons. The van der Waals surface area contributed by atoms with E-state index in [4.69, 9.17) is 21.1 Å². The number of nitrogens with one attached hydrogen (secondary N) is 1. The van der Waals surface area contributed by atoms with Gasteiger partial charge in [-0.05, 0) is 55.2 Å². The van der Waals surface area contributed by atoms with Gasteiger partial charge in [0, 0.05) is 23.9 Å². The monoisotopic (exact) mass is 331 g/mol. The van der Waals surface area contributed by atoms with Crippen molar-refractivity contribution in [2.75, 3.05) is 18.5 Å². The predicted octanol–water partition coefficient (Wildman–Crippen LogP) is 4.82. The molecule has 1 aliphatic heterocycles. The second-order valence-corrected chi connectivity index (χ2v) is 6.34. The molecule has 0 aliphatic carbocycles. The van der Waals surface area contributed by atoms with Gasteiger partial charge in [0.2, 0.25) is 0 Å². The largest absolute Gasteiger partial charge is 0.491 e. The molecule has 23 heavy (non-hydrogen) atoms. The van der Waals surface area contributed by atoms with Crippen molar-refractivity contribution in [3.8, 4) is 5.75 Å². The lowest BCUT2D eigenvalue weighted by atomic mass is 10.1. The first-order valence-corrected chi connectivity index (χ1v) is 8.42. The number of ether oxygens (including phenoxy) is 2. The molecule has 2 aromatic rings. The van der Waals surface area contributed by atoms with Crippen molar-refractivity contribution in [1.29, 1.82) is 0 Å². The van der Waals surface area contributed by atoms with E-state index in [1.807, 2.05) is 30.3 Å². The Morgan fingerprint density at radius 2 is 2.04 bits per heavy atom. The van der Waals surface area contributed by atoms with Crippen LogP contribution in [0, 0.1) is 6.92 Å². The van der Waals surface area contributed by atoms with E-state index in [1.54, 1.807) is 0 Å². The first kappa shape index (κ1) is 16.2. The molecule has 1 N–H and O–H groups in total. The SMILES string of the molecule is Cc1ccc(Cl)cc1NCc1ccc(OCC2CCCO2)cc1. The van der Waals surface area contributed by atoms with Gasteiger partial charge in [-0.2, -0.15) is 0 Å². The average molecular weight is 332 g/mol. The molecule has 2 aromatic carbocycles. The molecular weight excluding hydrogens is 310 g/mol. The molecule has 1 aliphatic rings. The minimum Gasteiger partial charge on any atom is -0.491 e. The third-order valence-corrected chi connectivity index (χ3v) is 4.30. The minimum atomic E-state index is 0.252. The van der Waals surface area contributed by atoms with Gasteiger partial charge in [-0.3, -0.25) is 0 Å². The summed E-state index contributed by atoms with van der Waals surface area (Å²) in [5.41, 5.74) is 3.45. The van der Waals surface area contributed by atoms with Gasteiger partial charge in [0.25, 0.3) is 0 Å². The lowest BCUT2D eigenvalue weighted by Crippen LogP contribution is -2.16. The fourth-order valence-corrected chi connectivity index (χ4v) is 2.82. The van der Waals surface area contributed by atoms with E-state index < -0.39 is 0 Å². The van der Waals surface area contributed by atoms with Crippen LogP contribution in [0.1, 0.15) is 24.0 Å². The summed E-state index contributed by atoms with van der Waals surface area (Å²) in [7, 11) is 0. The zero-order chi connectivity index (χ0) is 16.1. The number of aryl methyl sites for hydroxylation is 1. The standard InChI is InChI=1S/C19H22ClNO2/c1-14-4-7-16(20)11-19(14)21-12-15-5-8-17(9-6-15)23-13-18-3-2-10-22-18/h4-9,11,18,21H,2-3,10,12-13H2,1H3. The van der Waals surface area contributed by atoms with Crippen molar-refractivity contribution in [3.63, 3.8) is 0 Å². The van der Waals surface area contributed by atoms with Gasteiger partial charge in [-0.25, -0.2) is 0 Å². The van der Waals surface area contributed by atoms with E-state index in [0.717, 1.165) is 42.5 Å². The summed E-state index contributed by atoms with van der Waals surface area (Å²) in [5, 5.41) is 4.17. The molecule has 0 amide bonds. The predicted molar refractivity (Wildman–Crippen MR) is 94.4 cm³/mol. The molecular formula is C19H22ClNO2. The third kappa shape index (κ3) is 4.63. The van der Waals surface area contributed by atoms with Crippen molar-refractivity contribution in [1.82, 2.24) is 0 Å². The van der Waals surface area contributed by atoms with Crippen LogP contribution in [0.4, 0.5) is 5.69 Å². The Bertz CT molecular complexity index is 636. The van der Waals surface area contributed by atoms with E-state index in [9.17, 15) is 0 Å². The fourth-order valence-electron chi connectivity index (χ4n) is 2.65. The summed E-state index contributed by atoms with van der Waals surface area (Å²) >= 11 is 6.04. The maximum absolute atomic E-state index is 6.04. The fraction of sp³-hybridized carbons (Fsp3) is 0.368. The van der Waals surface area contributed by atoms with Crippen molar-refractivity contribution in [2.24, 2.45) is 0 Å². The average Bonchev–Trinajstić information content (AvgIpc) is 3.08. The Morgan fingerprint density at radius 1 is 1.22 bits per heavy atom. The van der Waals surface area contributed by atoms with Crippen LogP contribution in [0.3, 0.4) is 0 Å². The van der Waals surface area contributed by atoms with E-state index in [0.29, 0.717) is 6.61 Å². The van der Waals surface area contributed by atoms with Gasteiger partial charge in [-0.15, -0.1) is 0 Å². The van der Waals surface area contributed by atoms with Crippen LogP contribution >= 0.6 is 11.6 Å². The second kappa shape index (κ2) is 7.71. The topological polar surface area (TPSA) is 30.5 Å². The van der Waals surface area contributed by atoms with Crippen LogP contribution in [0.5, 0.6) is 5.75 Å². The quantitative estimate of drug-likeness (QED) is 0.823. The molecule has 1 atom stereocenters. The molecule has 1 unspecified atom stereocenters. The molecule has 3 nitrogen and oxygen atoms in total. The molecule has 122 valence electrons. The number of hydrogen-bond acceptors (Lipinski definition) is 3. The van der Waals surface area contributed by atoms with Gasteiger partial charge >= 0.3 is 0 Å². The first-order chi connectivity index (χ1) is 11.2. The Morgan fingerprint density at radius 3 is 2.78 bits per heavy atom. The summed E-state index contributed by atoms with van der Waals surface area (Å²) in [6.45, 7) is 4.33. The summed E-state index contributed by atoms with van der Waals surface area (Å²) in [5.74, 6) is 0.892. The first-order valence-electron chi connectivity index (χ1n) is 8.04. The van der Waals surface area contributed by atoms with Crippen LogP contribution in [0.15, 0.2) is 42.5 Å². The van der Waals surface area contributed by atoms with Gasteiger partial charge in [0.15, 0.2) is 0 Å². The molecule has 3 rings (SSSR count). The van der Waals surface area contributed by atoms with E-state index in [-0.39, 0.29) is 6.10 Å². The van der Waals surface area contributed by atoms with Crippen molar-refractivity contribution in [3.05, 3.63) is 58.6 Å². The lowest BCUT2D eigenvalue weighted by molar-refractivity contribution is 0.0679. The van der Waals surface area contributed by atoms with E-state index in [1.165, 1.54) is 11.1 Å². The smallest absolute Gasteiger partial charge is 0.119 e. The second-order valence-electron chi connectivity index (χ2n) is 5.90. The molecule has 4 heteroatoms. The van der Waals surface area contributed by atoms with Crippen LogP contribution in [-0.4, -0.2) is 19.3 Å². The highest BCUT2D eigenvalue weighted by molar-refractivity contribution is 6.30. The van der Waals surface area contributed by atoms with E-state index in [2.05, 4.69) is 24.4 Å². The molecule has 0 bridgehead atoms. The van der Waals surface area contributed by atoms with Crippen LogP contribution in [0.2, 0.25) is 5.02 Å². The highest BCUT2D eigenvalue weighted by atomic mass is 35.5. The zero-order valence-electron chi connectivity index (χ0n) is 13.3. The molecule has 0 saturated carbocycles. The van der Waals surface area contributed by atoms with E-state index >= 15 is 0 Å². The lowest BCUT2D eigenvalue weighted by Gasteiger charge is -2.13. The Hall–Kier alpha value is -1.71. The highest BCUT2D eigenvalue weighted by Gasteiger charge is 2.15. The van der Waals surface area contributed by atoms with Gasteiger partial charge in [0.1, 0.15) is 12.4 Å². The minimum absolute atomic E-state index is 0.252. The van der Waals surface area contributed by atoms with Crippen LogP contribution in [0.25, 0.3) is 0 Å². The Kier molecular flexibility index (Phi) is 5.42. The summed E-state index contributed by atoms with van der Waals surface area (Å²) in [4.78, 5) is 0. The zero-order valence-corrected chi connectivity index (χ0v) is 14.1. The van der Waals surface area contributed by atoms with Gasteiger partial charge in [0.05, 0.1) is 6.10 Å². The van der Waals surface area contributed by atoms with Crippen LogP contribution < -0.4 is 10.1 Å². The normalized spacial score (nSPS) is 17.2. The number of anilines is 1. The van der Waals surface area contributed by atoms with Crippen molar-refractivity contribution >= 4 is 17.3 Å². The molecule has 1 fully saturated rings. The molecule has 1 saturated heterocycles. The van der Waals surface area contributed by atoms with Crippen molar-refractivity contribution in [2.45, 2.75) is 32.4 Å². The Balaban J connectivity index is 1.51. The Labute approximate surface area is 142 Å². The summed E-state index contributed by atoms with van der Waals surface area (Å²) in [6.07, 6.45) is 2.49. The van der Waals surface area contributed by atoms with Crippen molar-refractivity contribution < 1.29 is 9.47 Å².